The number of rotatable bonds is 1. The molecule has 0 radical (unpaired) electrons. The number of fused-ring (bicyclic) bond motifs is 1. The maximum atomic E-state index is 12.9. The van der Waals surface area contributed by atoms with Crippen molar-refractivity contribution in [1.82, 2.24) is 0 Å². The third-order valence-electron chi connectivity index (χ3n) is 5.06. The predicted molar refractivity (Wildman–Crippen MR) is 82.4 cm³/mol. The molecule has 2 aliphatic carbocycles. The summed E-state index contributed by atoms with van der Waals surface area (Å²) < 4.78 is 0. The van der Waals surface area contributed by atoms with E-state index < -0.39 is 17.1 Å². The summed E-state index contributed by atoms with van der Waals surface area (Å²) in [6.45, 7) is 0. The van der Waals surface area contributed by atoms with Crippen molar-refractivity contribution in [1.29, 1.82) is 15.8 Å². The van der Waals surface area contributed by atoms with Gasteiger partial charge in [0.25, 0.3) is 0 Å². The molecule has 112 valence electrons. The van der Waals surface area contributed by atoms with Crippen molar-refractivity contribution in [2.45, 2.75) is 31.6 Å². The third-order valence-corrected chi connectivity index (χ3v) is 5.06. The van der Waals surface area contributed by atoms with E-state index in [4.69, 9.17) is 0 Å². The number of ketones is 1. The average molecular weight is 301 g/mol. The number of Topliss-reactive ketones (excluding diaryl/α,β-unsaturated/α-hetero) is 1. The van der Waals surface area contributed by atoms with Crippen LogP contribution in [0.4, 0.5) is 0 Å². The van der Waals surface area contributed by atoms with Crippen LogP contribution in [0, 0.1) is 45.3 Å². The minimum Gasteiger partial charge on any atom is -0.290 e. The molecule has 1 fully saturated rings. The topological polar surface area (TPSA) is 88.4 Å². The van der Waals surface area contributed by atoms with Crippen molar-refractivity contribution in [3.8, 4) is 18.2 Å². The van der Waals surface area contributed by atoms with Crippen molar-refractivity contribution in [2.24, 2.45) is 11.3 Å². The summed E-state index contributed by atoms with van der Waals surface area (Å²) >= 11 is 0. The lowest BCUT2D eigenvalue weighted by Crippen LogP contribution is -2.45. The zero-order valence-corrected chi connectivity index (χ0v) is 12.6. The second kappa shape index (κ2) is 5.71. The van der Waals surface area contributed by atoms with Gasteiger partial charge in [-0.1, -0.05) is 36.8 Å². The summed E-state index contributed by atoms with van der Waals surface area (Å²) in [4.78, 5) is 12.9. The van der Waals surface area contributed by atoms with Gasteiger partial charge in [-0.25, -0.2) is 0 Å². The van der Waals surface area contributed by atoms with E-state index in [0.29, 0.717) is 6.42 Å². The molecule has 4 heteroatoms. The Bertz CT molecular complexity index is 788. The Kier molecular flexibility index (Phi) is 3.73. The zero-order valence-electron chi connectivity index (χ0n) is 12.6. The quantitative estimate of drug-likeness (QED) is 0.795. The highest BCUT2D eigenvalue weighted by atomic mass is 16.1. The van der Waals surface area contributed by atoms with E-state index in [1.807, 2.05) is 48.5 Å². The van der Waals surface area contributed by atoms with Crippen LogP contribution in [0.15, 0.2) is 41.5 Å². The molecule has 0 heterocycles. The number of carbonyl (C=O) groups is 1. The van der Waals surface area contributed by atoms with E-state index >= 15 is 0 Å². The smallest absolute Gasteiger partial charge is 0.214 e. The molecule has 0 amide bonds. The highest BCUT2D eigenvalue weighted by Crippen LogP contribution is 2.54. The molecule has 0 aliphatic heterocycles. The van der Waals surface area contributed by atoms with Crippen molar-refractivity contribution >= 4 is 5.78 Å². The van der Waals surface area contributed by atoms with Crippen LogP contribution >= 0.6 is 0 Å². The molecule has 23 heavy (non-hydrogen) atoms. The lowest BCUT2D eigenvalue weighted by Gasteiger charge is -2.42. The third kappa shape index (κ3) is 2.06. The van der Waals surface area contributed by atoms with Crippen LogP contribution in [-0.4, -0.2) is 5.78 Å². The van der Waals surface area contributed by atoms with Gasteiger partial charge in [0.05, 0.1) is 17.7 Å². The first-order valence-electron chi connectivity index (χ1n) is 7.75. The minimum atomic E-state index is -1.81. The molecule has 3 rings (SSSR count). The molecule has 1 aromatic carbocycles. The van der Waals surface area contributed by atoms with Crippen LogP contribution in [0.25, 0.3) is 0 Å². The lowest BCUT2D eigenvalue weighted by molar-refractivity contribution is -0.121. The van der Waals surface area contributed by atoms with Gasteiger partial charge in [0.2, 0.25) is 11.2 Å². The lowest BCUT2D eigenvalue weighted by atomic mass is 9.55. The Labute approximate surface area is 135 Å². The molecule has 1 saturated carbocycles. The van der Waals surface area contributed by atoms with Gasteiger partial charge in [0.1, 0.15) is 6.07 Å². The minimum absolute atomic E-state index is 0.0463. The van der Waals surface area contributed by atoms with Crippen LogP contribution in [0.5, 0.6) is 0 Å². The number of nitrogens with zero attached hydrogens (tertiary/aromatic N) is 3. The maximum Gasteiger partial charge on any atom is 0.214 e. The van der Waals surface area contributed by atoms with Crippen molar-refractivity contribution < 1.29 is 4.79 Å². The summed E-state index contributed by atoms with van der Waals surface area (Å²) in [6, 6.07) is 15.2. The molecule has 0 aromatic heterocycles. The fourth-order valence-electron chi connectivity index (χ4n) is 4.03. The van der Waals surface area contributed by atoms with Gasteiger partial charge < -0.3 is 0 Å². The molecule has 0 spiro atoms. The molecule has 1 aromatic rings. The number of allylic oxidation sites excluding steroid dienone is 2. The Morgan fingerprint density at radius 2 is 1.74 bits per heavy atom. The first-order valence-corrected chi connectivity index (χ1v) is 7.75. The Morgan fingerprint density at radius 1 is 1.04 bits per heavy atom. The summed E-state index contributed by atoms with van der Waals surface area (Å²) in [5.74, 6) is -1.21. The van der Waals surface area contributed by atoms with E-state index in [2.05, 4.69) is 0 Å². The van der Waals surface area contributed by atoms with Crippen LogP contribution in [0.1, 0.15) is 37.2 Å². The number of carbonyl (C=O) groups excluding carboxylic acids is 1. The van der Waals surface area contributed by atoms with E-state index in [1.54, 1.807) is 0 Å². The van der Waals surface area contributed by atoms with Gasteiger partial charge in [-0.05, 0) is 36.3 Å². The first-order chi connectivity index (χ1) is 11.2. The number of hydrogen-bond acceptors (Lipinski definition) is 4. The average Bonchev–Trinajstić information content (AvgIpc) is 2.61. The molecule has 0 saturated heterocycles. The van der Waals surface area contributed by atoms with Gasteiger partial charge in [-0.2, -0.15) is 15.8 Å². The largest absolute Gasteiger partial charge is 0.290 e. The Balaban J connectivity index is 2.29. The van der Waals surface area contributed by atoms with E-state index in [0.717, 1.165) is 30.4 Å². The summed E-state index contributed by atoms with van der Waals surface area (Å²) in [7, 11) is 0. The van der Waals surface area contributed by atoms with Crippen molar-refractivity contribution in [3.05, 3.63) is 47.0 Å². The highest BCUT2D eigenvalue weighted by Gasteiger charge is 2.56. The monoisotopic (exact) mass is 301 g/mol. The molecular weight excluding hydrogens is 286 g/mol. The van der Waals surface area contributed by atoms with Crippen LogP contribution < -0.4 is 0 Å². The normalized spacial score (nSPS) is 25.7. The fraction of sp³-hybridized carbons (Fsp3) is 0.368. The number of nitriles is 3. The highest BCUT2D eigenvalue weighted by molar-refractivity contribution is 6.09. The van der Waals surface area contributed by atoms with Crippen molar-refractivity contribution in [3.63, 3.8) is 0 Å². The molecular formula is C19H15N3O. The molecule has 2 atom stereocenters. The SMILES string of the molecule is N#CC1=C2CCCC[C@H]2[C@H](c2ccccc2)C(C#N)(C#N)C1=O. The molecule has 0 bridgehead atoms. The predicted octanol–water partition coefficient (Wildman–Crippen LogP) is 3.40. The van der Waals surface area contributed by atoms with Gasteiger partial charge in [0, 0.05) is 5.92 Å². The van der Waals surface area contributed by atoms with Gasteiger partial charge in [0.15, 0.2) is 0 Å². The number of hydrogen-bond donors (Lipinski definition) is 0. The second-order valence-electron chi connectivity index (χ2n) is 6.11. The Morgan fingerprint density at radius 3 is 2.35 bits per heavy atom. The van der Waals surface area contributed by atoms with E-state index in [9.17, 15) is 20.6 Å². The van der Waals surface area contributed by atoms with Crippen molar-refractivity contribution in [2.75, 3.05) is 0 Å². The second-order valence-corrected chi connectivity index (χ2v) is 6.11. The number of benzene rings is 1. The maximum absolute atomic E-state index is 12.9. The van der Waals surface area contributed by atoms with Gasteiger partial charge in [-0.15, -0.1) is 0 Å². The van der Waals surface area contributed by atoms with E-state index in [1.165, 1.54) is 0 Å². The molecule has 0 unspecified atom stereocenters. The summed E-state index contributed by atoms with van der Waals surface area (Å²) in [5.41, 5.74) is -0.0909. The van der Waals surface area contributed by atoms with E-state index in [-0.39, 0.29) is 11.5 Å². The molecule has 4 nitrogen and oxygen atoms in total. The standard InChI is InChI=1S/C19H15N3O/c20-10-16-14-8-4-5-9-15(14)17(13-6-2-1-3-7-13)19(11-21,12-22)18(16)23/h1-3,6-7,15,17H,4-5,8-9H2/t15-,17+/m1/s1. The first kappa shape index (κ1) is 15.0. The van der Waals surface area contributed by atoms with Crippen LogP contribution in [0.2, 0.25) is 0 Å². The zero-order chi connectivity index (χ0) is 16.4. The molecule has 2 aliphatic rings. The Hall–Kier alpha value is -2.90. The summed E-state index contributed by atoms with van der Waals surface area (Å²) in [5, 5.41) is 28.9. The van der Waals surface area contributed by atoms with Gasteiger partial charge >= 0.3 is 0 Å². The summed E-state index contributed by atoms with van der Waals surface area (Å²) in [6.07, 6.45) is 3.43. The molecule has 0 N–H and O–H groups in total. The van der Waals surface area contributed by atoms with Crippen LogP contribution in [-0.2, 0) is 4.79 Å². The fourth-order valence-corrected chi connectivity index (χ4v) is 4.03. The van der Waals surface area contributed by atoms with Gasteiger partial charge in [-0.3, -0.25) is 4.79 Å². The van der Waals surface area contributed by atoms with Crippen LogP contribution in [0.3, 0.4) is 0 Å².